The number of para-hydroxylation sites is 4. The van der Waals surface area contributed by atoms with Crippen molar-refractivity contribution in [1.82, 2.24) is 0 Å². The van der Waals surface area contributed by atoms with E-state index in [1.807, 2.05) is 0 Å². The van der Waals surface area contributed by atoms with E-state index in [4.69, 9.17) is 8.83 Å². The maximum absolute atomic E-state index is 7.56. The molecule has 14 aromatic rings. The maximum Gasteiger partial charge on any atom is 0.159 e. The number of furan rings is 2. The second kappa shape index (κ2) is 19.5. The Labute approximate surface area is 490 Å². The zero-order chi connectivity index (χ0) is 55.0. The van der Waals surface area contributed by atoms with Gasteiger partial charge in [0.1, 0.15) is 11.2 Å². The fraction of sp³-hybridized carbons (Fsp3) is 0.250. The van der Waals surface area contributed by atoms with E-state index in [9.17, 15) is 0 Å². The van der Waals surface area contributed by atoms with E-state index < -0.39 is 0 Å². The Bertz CT molecular complexity index is 4570. The molecule has 4 heteroatoms. The summed E-state index contributed by atoms with van der Waals surface area (Å²) >= 11 is 0. The van der Waals surface area contributed by atoms with Crippen LogP contribution in [-0.2, 0) is 0 Å². The summed E-state index contributed by atoms with van der Waals surface area (Å²) in [6.45, 7) is 0. The summed E-state index contributed by atoms with van der Waals surface area (Å²) < 4.78 is 15.1. The SMILES string of the molecule is c1ccc(N(c2ccc3ccc4c(N(c5ccccc5)c5cccc6c5oc5c(C7CCC8CCCCC8C7)cc7ccccc7c56)ccc5ccc2c3c54)c2cccc3c2oc2c(C4CCC5CCCCC5C4)cc4ccccc4c23)cc1. The van der Waals surface area contributed by atoms with E-state index in [1.54, 1.807) is 0 Å². The van der Waals surface area contributed by atoms with Crippen molar-refractivity contribution in [2.24, 2.45) is 23.7 Å². The second-order valence-electron chi connectivity index (χ2n) is 25.9. The summed E-state index contributed by atoms with van der Waals surface area (Å²) in [4.78, 5) is 4.95. The highest BCUT2D eigenvalue weighted by Gasteiger charge is 2.37. The van der Waals surface area contributed by atoms with Crippen molar-refractivity contribution in [3.05, 3.63) is 217 Å². The highest BCUT2D eigenvalue weighted by molar-refractivity contribution is 6.29. The predicted octanol–water partition coefficient (Wildman–Crippen LogP) is 23.8. The van der Waals surface area contributed by atoms with Gasteiger partial charge in [0.25, 0.3) is 0 Å². The van der Waals surface area contributed by atoms with Gasteiger partial charge >= 0.3 is 0 Å². The highest BCUT2D eigenvalue weighted by atomic mass is 16.3. The summed E-state index contributed by atoms with van der Waals surface area (Å²) in [7, 11) is 0. The predicted molar refractivity (Wildman–Crippen MR) is 353 cm³/mol. The minimum absolute atomic E-state index is 0.487. The van der Waals surface area contributed by atoms with Crippen LogP contribution in [0.2, 0.25) is 0 Å². The molecule has 0 aliphatic heterocycles. The molecule has 18 rings (SSSR count). The lowest BCUT2D eigenvalue weighted by atomic mass is 9.66. The van der Waals surface area contributed by atoms with Gasteiger partial charge in [0.2, 0.25) is 0 Å². The molecular formula is C80H68N2O2. The molecule has 0 radical (unpaired) electrons. The van der Waals surface area contributed by atoms with Gasteiger partial charge in [-0.15, -0.1) is 0 Å². The van der Waals surface area contributed by atoms with Gasteiger partial charge in [0, 0.05) is 43.7 Å². The largest absolute Gasteiger partial charge is 0.454 e. The monoisotopic (exact) mass is 1090 g/mol. The fourth-order valence-electron chi connectivity index (χ4n) is 17.7. The zero-order valence-electron chi connectivity index (χ0n) is 47.7. The molecule has 2 heterocycles. The quantitative estimate of drug-likeness (QED) is 0.142. The van der Waals surface area contributed by atoms with Gasteiger partial charge in [-0.1, -0.05) is 197 Å². The number of fused-ring (bicyclic) bond motifs is 12. The molecule has 6 atom stereocenters. The number of hydrogen-bond donors (Lipinski definition) is 0. The van der Waals surface area contributed by atoms with Crippen molar-refractivity contribution < 1.29 is 8.83 Å². The minimum Gasteiger partial charge on any atom is -0.454 e. The van der Waals surface area contributed by atoms with Crippen LogP contribution in [0.4, 0.5) is 34.1 Å². The lowest BCUT2D eigenvalue weighted by Crippen LogP contribution is -2.26. The second-order valence-corrected chi connectivity index (χ2v) is 25.9. The molecule has 0 saturated heterocycles. The lowest BCUT2D eigenvalue weighted by molar-refractivity contribution is 0.156. The molecule has 2 aromatic heterocycles. The Hall–Kier alpha value is -8.60. The van der Waals surface area contributed by atoms with Crippen molar-refractivity contribution in [2.45, 2.75) is 102 Å². The summed E-state index contributed by atoms with van der Waals surface area (Å²) in [5.74, 6) is 4.37. The van der Waals surface area contributed by atoms with E-state index in [0.29, 0.717) is 11.8 Å². The average molecular weight is 1090 g/mol. The lowest BCUT2D eigenvalue weighted by Gasteiger charge is -2.39. The Morgan fingerprint density at radius 1 is 0.274 bits per heavy atom. The molecule has 410 valence electrons. The molecule has 12 aromatic carbocycles. The van der Waals surface area contributed by atoms with Crippen LogP contribution < -0.4 is 9.80 Å². The summed E-state index contributed by atoms with van der Waals surface area (Å²) in [6.07, 6.45) is 18.8. The highest BCUT2D eigenvalue weighted by Crippen LogP contribution is 2.55. The number of anilines is 6. The standard InChI is InChI=1S/C80H68N2O2/c1-3-23-59(24-4-1)81(71-31-15-29-65-75-61-27-13-11-21-55(61)47-67(79(75)83-77(65)71)57-35-33-49-17-7-9-19-53(49)45-57)69-43-39-51-38-42-64-70(44-40-52-37-41-63(69)73(51)74(52)64)82(60-25-5-2-6-26-60)72-32-16-30-66-76-62-28-14-12-22-56(62)48-68(80(76)84-78(66)72)58-36-34-50-18-8-10-20-54(50)46-58/h1-6,11-16,21-32,37-44,47-50,53-54,57-58H,7-10,17-20,33-36,45-46H2. The molecular weight excluding hydrogens is 1020 g/mol. The molecule has 4 fully saturated rings. The molecule has 0 bridgehead atoms. The molecule has 4 nitrogen and oxygen atoms in total. The Morgan fingerprint density at radius 3 is 1.14 bits per heavy atom. The van der Waals surface area contributed by atoms with E-state index in [2.05, 4.69) is 216 Å². The fourth-order valence-corrected chi connectivity index (χ4v) is 17.7. The van der Waals surface area contributed by atoms with E-state index in [-0.39, 0.29) is 0 Å². The Balaban J connectivity index is 0.827. The number of hydrogen-bond acceptors (Lipinski definition) is 4. The Morgan fingerprint density at radius 2 is 0.679 bits per heavy atom. The topological polar surface area (TPSA) is 32.8 Å². The van der Waals surface area contributed by atoms with E-state index in [0.717, 1.165) is 80.1 Å². The van der Waals surface area contributed by atoms with Crippen LogP contribution in [0.1, 0.15) is 113 Å². The number of rotatable bonds is 8. The van der Waals surface area contributed by atoms with Crippen LogP contribution in [0.5, 0.6) is 0 Å². The molecule has 4 aliphatic rings. The molecule has 6 unspecified atom stereocenters. The smallest absolute Gasteiger partial charge is 0.159 e. The van der Waals surface area contributed by atoms with Crippen molar-refractivity contribution in [2.75, 3.05) is 9.80 Å². The van der Waals surface area contributed by atoms with Crippen LogP contribution in [-0.4, -0.2) is 0 Å². The first-order valence-electron chi connectivity index (χ1n) is 31.8. The minimum atomic E-state index is 0.487. The Kier molecular flexibility index (Phi) is 11.3. The van der Waals surface area contributed by atoms with Crippen LogP contribution in [0.15, 0.2) is 215 Å². The normalized spacial score (nSPS) is 21.1. The van der Waals surface area contributed by atoms with Gasteiger partial charge < -0.3 is 18.6 Å². The van der Waals surface area contributed by atoms with E-state index >= 15 is 0 Å². The van der Waals surface area contributed by atoms with Crippen molar-refractivity contribution in [1.29, 1.82) is 0 Å². The first kappa shape index (κ1) is 48.9. The van der Waals surface area contributed by atoms with Gasteiger partial charge in [-0.3, -0.25) is 0 Å². The third-order valence-electron chi connectivity index (χ3n) is 21.6. The summed E-state index contributed by atoms with van der Waals surface area (Å²) in [5.41, 5.74) is 13.3. The molecule has 4 aliphatic carbocycles. The number of benzene rings is 12. The third-order valence-corrected chi connectivity index (χ3v) is 21.6. The first-order chi connectivity index (χ1) is 41.7. The zero-order valence-corrected chi connectivity index (χ0v) is 47.7. The van der Waals surface area contributed by atoms with Crippen molar-refractivity contribution >= 4 is 132 Å². The van der Waals surface area contributed by atoms with Gasteiger partial charge in [0.15, 0.2) is 11.2 Å². The van der Waals surface area contributed by atoms with Gasteiger partial charge in [-0.05, 0) is 189 Å². The average Bonchev–Trinajstić information content (AvgIpc) is 2.86. The molecule has 0 spiro atoms. The first-order valence-corrected chi connectivity index (χ1v) is 31.8. The van der Waals surface area contributed by atoms with Crippen LogP contribution >= 0.6 is 0 Å². The van der Waals surface area contributed by atoms with E-state index in [1.165, 1.54) is 176 Å². The molecule has 84 heavy (non-hydrogen) atoms. The van der Waals surface area contributed by atoms with Gasteiger partial charge in [0.05, 0.1) is 22.7 Å². The van der Waals surface area contributed by atoms with Gasteiger partial charge in [-0.25, -0.2) is 0 Å². The third kappa shape index (κ3) is 7.57. The maximum atomic E-state index is 7.56. The summed E-state index contributed by atoms with van der Waals surface area (Å²) in [6, 6.07) is 77.5. The molecule has 4 saturated carbocycles. The van der Waals surface area contributed by atoms with Crippen molar-refractivity contribution in [3.63, 3.8) is 0 Å². The van der Waals surface area contributed by atoms with Crippen LogP contribution in [0.25, 0.3) is 97.7 Å². The molecule has 0 N–H and O–H groups in total. The number of nitrogens with zero attached hydrogens (tertiary/aromatic N) is 2. The van der Waals surface area contributed by atoms with Crippen LogP contribution in [0, 0.1) is 23.7 Å². The van der Waals surface area contributed by atoms with Gasteiger partial charge in [-0.2, -0.15) is 0 Å². The summed E-state index contributed by atoms with van der Waals surface area (Å²) in [5, 5.41) is 17.3. The van der Waals surface area contributed by atoms with Crippen molar-refractivity contribution in [3.8, 4) is 0 Å². The van der Waals surface area contributed by atoms with Crippen LogP contribution in [0.3, 0.4) is 0 Å². The molecule has 0 amide bonds.